The number of rotatable bonds is 4. The van der Waals surface area contributed by atoms with E-state index in [1.807, 2.05) is 0 Å². The summed E-state index contributed by atoms with van der Waals surface area (Å²) < 4.78 is 0. The van der Waals surface area contributed by atoms with Gasteiger partial charge in [-0.1, -0.05) is 452 Å². The Bertz CT molecular complexity index is 9550. The SMILES string of the molecule is CC1(C)c2ccccc2-c2c1cc(-c1c3ccccc3c(-c3ccc4c5c(ccc4c3)-c3c(c4ccccc4c4ccccc34)C53c4ccccc4-c4ccccc43)c3ccccc13)c1ccccc21.CC1(C)c2ccccc2-c2ccc(-c3c4ccccc4c(-c4ccc5c6c(ccc5c4)-c4c(c5ccccc5c5ccccc45)C64c5ccccc5-c5ccccc54)c4ccccc34)cc21. The lowest BCUT2D eigenvalue weighted by atomic mass is 9.68. The molecule has 25 aromatic carbocycles. The van der Waals surface area contributed by atoms with Gasteiger partial charge in [0.1, 0.15) is 0 Å². The number of hydrogen-bond donors (Lipinski definition) is 0. The maximum atomic E-state index is 2.54. The molecule has 0 N–H and O–H groups in total. The van der Waals surface area contributed by atoms with Crippen LogP contribution in [0.4, 0.5) is 0 Å². The van der Waals surface area contributed by atoms with Crippen molar-refractivity contribution in [3.63, 3.8) is 0 Å². The summed E-state index contributed by atoms with van der Waals surface area (Å²) >= 11 is 0. The van der Waals surface area contributed by atoms with Crippen LogP contribution in [0.5, 0.6) is 0 Å². The van der Waals surface area contributed by atoms with E-state index in [-0.39, 0.29) is 10.8 Å². The minimum absolute atomic E-state index is 0.0818. The summed E-state index contributed by atoms with van der Waals surface area (Å²) in [5.74, 6) is 0. The summed E-state index contributed by atoms with van der Waals surface area (Å²) in [6, 6.07) is 171. The molecule has 0 fully saturated rings. The summed E-state index contributed by atoms with van der Waals surface area (Å²) in [5.41, 5.74) is 41.8. The van der Waals surface area contributed by atoms with Gasteiger partial charge in [0.15, 0.2) is 0 Å². The fourth-order valence-corrected chi connectivity index (χ4v) is 27.7. The van der Waals surface area contributed by atoms with E-state index in [1.54, 1.807) is 0 Å². The van der Waals surface area contributed by atoms with Crippen molar-refractivity contribution in [2.24, 2.45) is 0 Å². The minimum atomic E-state index is -0.516. The van der Waals surface area contributed by atoms with Crippen LogP contribution >= 0.6 is 0 Å². The monoisotopic (exact) mass is 1720 g/mol. The van der Waals surface area contributed by atoms with Crippen LogP contribution in [0.1, 0.15) is 94.5 Å². The number of fused-ring (bicyclic) bond motifs is 46. The fraction of sp³-hybridized carbons (Fsp3) is 0.0588. The van der Waals surface area contributed by atoms with Gasteiger partial charge in [-0.05, 0) is 321 Å². The van der Waals surface area contributed by atoms with E-state index < -0.39 is 10.8 Å². The zero-order valence-corrected chi connectivity index (χ0v) is 75.7. The molecule has 0 saturated carbocycles. The molecule has 6 aliphatic rings. The highest BCUT2D eigenvalue weighted by atomic mass is 14.6. The first kappa shape index (κ1) is 76.0. The Kier molecular flexibility index (Phi) is 15.4. The van der Waals surface area contributed by atoms with Gasteiger partial charge in [-0.3, -0.25) is 0 Å². The van der Waals surface area contributed by atoms with Crippen LogP contribution in [0.2, 0.25) is 0 Å². The van der Waals surface area contributed by atoms with E-state index in [1.165, 1.54) is 297 Å². The minimum Gasteiger partial charge on any atom is -0.0619 e. The normalized spacial score (nSPS) is 14.4. The molecular weight excluding hydrogens is 1630 g/mol. The Labute approximate surface area is 789 Å². The highest BCUT2D eigenvalue weighted by Gasteiger charge is 2.56. The Morgan fingerprint density at radius 3 is 0.757 bits per heavy atom. The quantitative estimate of drug-likeness (QED) is 0.122. The van der Waals surface area contributed by atoms with Crippen molar-refractivity contribution in [1.82, 2.24) is 0 Å². The molecule has 630 valence electrons. The largest absolute Gasteiger partial charge is 0.0737 e. The molecular formula is C136H86. The highest BCUT2D eigenvalue weighted by molar-refractivity contribution is 6.29. The Morgan fingerprint density at radius 2 is 0.375 bits per heavy atom. The van der Waals surface area contributed by atoms with Gasteiger partial charge >= 0.3 is 0 Å². The van der Waals surface area contributed by atoms with E-state index in [2.05, 4.69) is 477 Å². The number of hydrogen-bond acceptors (Lipinski definition) is 0. The highest BCUT2D eigenvalue weighted by Crippen LogP contribution is 2.70. The van der Waals surface area contributed by atoms with E-state index in [9.17, 15) is 0 Å². The van der Waals surface area contributed by atoms with Crippen LogP contribution in [-0.2, 0) is 21.7 Å². The second kappa shape index (κ2) is 27.5. The zero-order chi connectivity index (χ0) is 89.5. The average molecular weight is 1720 g/mol. The van der Waals surface area contributed by atoms with Crippen LogP contribution in [0.25, 0.3) is 230 Å². The van der Waals surface area contributed by atoms with Crippen LogP contribution in [-0.4, -0.2) is 0 Å². The molecule has 0 nitrogen and oxygen atoms in total. The lowest BCUT2D eigenvalue weighted by Crippen LogP contribution is -2.26. The lowest BCUT2D eigenvalue weighted by Gasteiger charge is -2.32. The smallest absolute Gasteiger partial charge is 0.0619 e. The Hall–Kier alpha value is -16.6. The standard InChI is InChI=1S/C70H44.C66H42/c1-69(2)59-32-16-15-31-56(59)65-49-24-6-4-21-46(49)58(40-62(65)69)64-53-28-10-8-26-51(53)63(52-27-9-11-29-54(52)64)42-36-37-43-41(39-42)35-38-57-66-50-25-7-3-19-44(50)45-20-5-12-30-55(45)68(66)70(67(43)57)60-33-17-13-22-47(60)48-23-14-18-34-61(48)70;1-65(2)56-28-14-11-19-45(56)48-35-33-41(38-59(48)65)61-52-25-8-6-23-50(52)60(51-24-7-9-26-53(51)61)40-32-34-42-39(37-40)31-36-55-62-49-22-5-3-17-43(49)44-18-4-10-27-54(44)64(62)66(63(42)55)57-29-15-12-20-46(57)47-21-13-16-30-58(47)66/h3-40H,1-2H3;3-38H,1-2H3. The lowest BCUT2D eigenvalue weighted by molar-refractivity contribution is 0.660. The maximum absolute atomic E-state index is 2.54. The third kappa shape index (κ3) is 9.67. The molecule has 0 bridgehead atoms. The van der Waals surface area contributed by atoms with E-state index in [0.717, 1.165) is 0 Å². The van der Waals surface area contributed by atoms with Gasteiger partial charge in [-0.2, -0.15) is 0 Å². The van der Waals surface area contributed by atoms with Gasteiger partial charge in [0.05, 0.1) is 10.8 Å². The van der Waals surface area contributed by atoms with Crippen LogP contribution in [0.3, 0.4) is 0 Å². The van der Waals surface area contributed by atoms with Gasteiger partial charge in [-0.15, -0.1) is 0 Å². The van der Waals surface area contributed by atoms with Crippen molar-refractivity contribution >= 4 is 118 Å². The van der Waals surface area contributed by atoms with Gasteiger partial charge in [0, 0.05) is 10.8 Å². The maximum Gasteiger partial charge on any atom is 0.0737 e. The summed E-state index contributed by atoms with van der Waals surface area (Å²) in [5, 5.41) is 28.4. The van der Waals surface area contributed by atoms with E-state index in [4.69, 9.17) is 0 Å². The molecule has 0 heteroatoms. The molecule has 136 heavy (non-hydrogen) atoms. The van der Waals surface area contributed by atoms with E-state index >= 15 is 0 Å². The predicted molar refractivity (Wildman–Crippen MR) is 575 cm³/mol. The number of benzene rings is 25. The van der Waals surface area contributed by atoms with Crippen LogP contribution in [0.15, 0.2) is 449 Å². The van der Waals surface area contributed by atoms with Gasteiger partial charge in [0.2, 0.25) is 0 Å². The van der Waals surface area contributed by atoms with Gasteiger partial charge in [-0.25, -0.2) is 0 Å². The van der Waals surface area contributed by atoms with Crippen molar-refractivity contribution in [2.75, 3.05) is 0 Å². The van der Waals surface area contributed by atoms with Crippen molar-refractivity contribution in [3.8, 4) is 111 Å². The first-order valence-corrected chi connectivity index (χ1v) is 48.3. The van der Waals surface area contributed by atoms with Crippen LogP contribution < -0.4 is 0 Å². The van der Waals surface area contributed by atoms with Crippen molar-refractivity contribution in [2.45, 2.75) is 49.4 Å². The molecule has 6 aliphatic carbocycles. The molecule has 0 unspecified atom stereocenters. The third-order valence-electron chi connectivity index (χ3n) is 33.0. The molecule has 31 rings (SSSR count). The summed E-state index contributed by atoms with van der Waals surface area (Å²) in [6.07, 6.45) is 0. The Morgan fingerprint density at radius 1 is 0.125 bits per heavy atom. The molecule has 0 amide bonds. The average Bonchev–Trinajstić information content (AvgIpc) is 1.49. The zero-order valence-electron chi connectivity index (χ0n) is 75.7. The van der Waals surface area contributed by atoms with E-state index in [0.29, 0.717) is 0 Å². The van der Waals surface area contributed by atoms with Crippen molar-refractivity contribution in [3.05, 3.63) is 516 Å². The third-order valence-corrected chi connectivity index (χ3v) is 33.0. The second-order valence-electron chi connectivity index (χ2n) is 39.9. The molecule has 0 saturated heterocycles. The molecule has 25 aromatic rings. The molecule has 0 aromatic heterocycles. The first-order chi connectivity index (χ1) is 67.1. The molecule has 2 spiro atoms. The topological polar surface area (TPSA) is 0 Å². The summed E-state index contributed by atoms with van der Waals surface area (Å²) in [6.45, 7) is 9.57. The molecule has 0 heterocycles. The summed E-state index contributed by atoms with van der Waals surface area (Å²) in [4.78, 5) is 0. The predicted octanol–water partition coefficient (Wildman–Crippen LogP) is 36.0. The van der Waals surface area contributed by atoms with Crippen molar-refractivity contribution in [1.29, 1.82) is 0 Å². The summed E-state index contributed by atoms with van der Waals surface area (Å²) in [7, 11) is 0. The van der Waals surface area contributed by atoms with Crippen LogP contribution in [0, 0.1) is 0 Å². The van der Waals surface area contributed by atoms with Gasteiger partial charge in [0.25, 0.3) is 0 Å². The second-order valence-corrected chi connectivity index (χ2v) is 39.9. The molecule has 0 radical (unpaired) electrons. The van der Waals surface area contributed by atoms with Gasteiger partial charge < -0.3 is 0 Å². The first-order valence-electron chi connectivity index (χ1n) is 48.3. The molecule has 0 aliphatic heterocycles. The Balaban J connectivity index is 0.000000129. The van der Waals surface area contributed by atoms with Crippen molar-refractivity contribution < 1.29 is 0 Å². The molecule has 0 atom stereocenters. The fourth-order valence-electron chi connectivity index (χ4n) is 27.7.